The molecule has 6 nitrogen and oxygen atoms in total. The van der Waals surface area contributed by atoms with Crippen LogP contribution < -0.4 is 11.1 Å². The largest absolute Gasteiger partial charge is 0.399 e. The summed E-state index contributed by atoms with van der Waals surface area (Å²) in [5, 5.41) is 12.4. The van der Waals surface area contributed by atoms with Crippen LogP contribution in [0.3, 0.4) is 0 Å². The summed E-state index contributed by atoms with van der Waals surface area (Å²) in [6, 6.07) is 6.76. The van der Waals surface area contributed by atoms with E-state index >= 15 is 0 Å². The highest BCUT2D eigenvalue weighted by Gasteiger charge is 2.17. The normalized spacial score (nSPS) is 12.1. The molecule has 0 spiro atoms. The Hall–Kier alpha value is -2.02. The van der Waals surface area contributed by atoms with Crippen LogP contribution in [0.25, 0.3) is 0 Å². The number of rotatable bonds is 3. The van der Waals surface area contributed by atoms with Gasteiger partial charge in [0.05, 0.1) is 6.20 Å². The molecule has 0 aliphatic heterocycles. The molecular formula is C10H11N5OS. The number of nitrogens with one attached hydrogen (secondary N) is 2. The molecule has 2 aromatic rings. The topological polar surface area (TPSA) is 96.7 Å². The number of nitrogens with zero attached hydrogens (tertiary/aromatic N) is 2. The molecule has 0 aliphatic carbocycles. The van der Waals surface area contributed by atoms with Gasteiger partial charge in [0, 0.05) is 5.69 Å². The summed E-state index contributed by atoms with van der Waals surface area (Å²) >= 11 is 3.71. The van der Waals surface area contributed by atoms with Gasteiger partial charge in [-0.05, 0) is 17.7 Å². The predicted octanol–water partition coefficient (Wildman–Crippen LogP) is 1.12. The molecule has 17 heavy (non-hydrogen) atoms. The molecule has 1 amide bonds. The van der Waals surface area contributed by atoms with E-state index in [0.29, 0.717) is 11.4 Å². The standard InChI is InChI=1S/C10H11N5OS/c11-7-3-1-6(2-4-7)9(13-10(16)17)8-5-12-15-14-8/h1-5,9H,11H2,(H,12,14,15)(H2,13,16,17). The maximum absolute atomic E-state index is 11.1. The van der Waals surface area contributed by atoms with Crippen LogP contribution in [0.15, 0.2) is 30.5 Å². The van der Waals surface area contributed by atoms with Crippen molar-refractivity contribution in [2.75, 3.05) is 5.73 Å². The van der Waals surface area contributed by atoms with Crippen LogP contribution in [-0.2, 0) is 0 Å². The maximum atomic E-state index is 11.1. The van der Waals surface area contributed by atoms with Gasteiger partial charge in [0.25, 0.3) is 5.24 Å². The number of hydrogen-bond acceptors (Lipinski definition) is 4. The van der Waals surface area contributed by atoms with Gasteiger partial charge in [-0.25, -0.2) is 0 Å². The Bertz CT molecular complexity index is 496. The molecule has 4 N–H and O–H groups in total. The molecule has 0 bridgehead atoms. The Labute approximate surface area is 103 Å². The number of anilines is 1. The van der Waals surface area contributed by atoms with Crippen molar-refractivity contribution in [3.05, 3.63) is 41.7 Å². The minimum atomic E-state index is -0.435. The van der Waals surface area contributed by atoms with Gasteiger partial charge in [0.1, 0.15) is 11.7 Å². The van der Waals surface area contributed by atoms with Crippen molar-refractivity contribution in [3.8, 4) is 0 Å². The lowest BCUT2D eigenvalue weighted by atomic mass is 10.0. The maximum Gasteiger partial charge on any atom is 0.276 e. The zero-order chi connectivity index (χ0) is 12.3. The van der Waals surface area contributed by atoms with Crippen LogP contribution >= 0.6 is 12.6 Å². The molecular weight excluding hydrogens is 238 g/mol. The minimum Gasteiger partial charge on any atom is -0.399 e. The average molecular weight is 249 g/mol. The van der Waals surface area contributed by atoms with E-state index in [1.54, 1.807) is 18.3 Å². The Morgan fingerprint density at radius 1 is 1.41 bits per heavy atom. The molecule has 0 aliphatic rings. The highest BCUT2D eigenvalue weighted by molar-refractivity contribution is 7.96. The van der Waals surface area contributed by atoms with E-state index < -0.39 is 5.24 Å². The summed E-state index contributed by atoms with van der Waals surface area (Å²) in [7, 11) is 0. The number of aromatic nitrogens is 3. The van der Waals surface area contributed by atoms with Crippen molar-refractivity contribution in [1.82, 2.24) is 20.7 Å². The summed E-state index contributed by atoms with van der Waals surface area (Å²) in [5.74, 6) is 0. The van der Waals surface area contributed by atoms with E-state index in [1.165, 1.54) is 0 Å². The third-order valence-corrected chi connectivity index (χ3v) is 2.40. The molecule has 0 saturated carbocycles. The molecule has 0 radical (unpaired) electrons. The molecule has 0 fully saturated rings. The SMILES string of the molecule is Nc1ccc(C(NC(=O)S)c2cn[nH]n2)cc1. The van der Waals surface area contributed by atoms with Crippen LogP contribution in [0.4, 0.5) is 10.5 Å². The third-order valence-electron chi connectivity index (χ3n) is 2.27. The molecule has 1 unspecified atom stereocenters. The van der Waals surface area contributed by atoms with Gasteiger partial charge >= 0.3 is 0 Å². The van der Waals surface area contributed by atoms with E-state index in [0.717, 1.165) is 5.56 Å². The van der Waals surface area contributed by atoms with Gasteiger partial charge in [-0.3, -0.25) is 4.79 Å². The molecule has 7 heteroatoms. The van der Waals surface area contributed by atoms with E-state index in [4.69, 9.17) is 5.73 Å². The average Bonchev–Trinajstić information content (AvgIpc) is 2.80. The van der Waals surface area contributed by atoms with Gasteiger partial charge in [-0.1, -0.05) is 24.8 Å². The summed E-state index contributed by atoms with van der Waals surface area (Å²) in [4.78, 5) is 11.1. The van der Waals surface area contributed by atoms with Crippen LogP contribution in [0, 0.1) is 0 Å². The van der Waals surface area contributed by atoms with E-state index in [2.05, 4.69) is 33.4 Å². The van der Waals surface area contributed by atoms with Crippen molar-refractivity contribution in [2.24, 2.45) is 0 Å². The zero-order valence-electron chi connectivity index (χ0n) is 8.79. The summed E-state index contributed by atoms with van der Waals surface area (Å²) < 4.78 is 0. The van der Waals surface area contributed by atoms with E-state index in [-0.39, 0.29) is 6.04 Å². The van der Waals surface area contributed by atoms with Crippen LogP contribution in [-0.4, -0.2) is 20.6 Å². The molecule has 88 valence electrons. The van der Waals surface area contributed by atoms with E-state index in [9.17, 15) is 4.79 Å². The Balaban J connectivity index is 2.33. The van der Waals surface area contributed by atoms with Crippen molar-refractivity contribution in [1.29, 1.82) is 0 Å². The van der Waals surface area contributed by atoms with Gasteiger partial charge in [-0.2, -0.15) is 15.4 Å². The third kappa shape index (κ3) is 2.76. The summed E-state index contributed by atoms with van der Waals surface area (Å²) in [6.45, 7) is 0. The lowest BCUT2D eigenvalue weighted by Crippen LogP contribution is -2.25. The Morgan fingerprint density at radius 3 is 2.65 bits per heavy atom. The number of hydrogen-bond donors (Lipinski definition) is 4. The number of nitrogen functional groups attached to an aromatic ring is 1. The molecule has 1 heterocycles. The van der Waals surface area contributed by atoms with Crippen LogP contribution in [0.2, 0.25) is 0 Å². The van der Waals surface area contributed by atoms with Gasteiger partial charge in [-0.15, -0.1) is 0 Å². The first-order valence-electron chi connectivity index (χ1n) is 4.87. The fraction of sp³-hybridized carbons (Fsp3) is 0.100. The molecule has 0 saturated heterocycles. The quantitative estimate of drug-likeness (QED) is 0.484. The second-order valence-corrected chi connectivity index (χ2v) is 3.85. The van der Waals surface area contributed by atoms with Crippen LogP contribution in [0.1, 0.15) is 17.3 Å². The predicted molar refractivity (Wildman–Crippen MR) is 66.6 cm³/mol. The highest BCUT2D eigenvalue weighted by Crippen LogP contribution is 2.20. The number of carbonyl (C=O) groups is 1. The smallest absolute Gasteiger partial charge is 0.276 e. The summed E-state index contributed by atoms with van der Waals surface area (Å²) in [6.07, 6.45) is 1.55. The molecule has 2 rings (SSSR count). The lowest BCUT2D eigenvalue weighted by molar-refractivity contribution is 0.259. The number of amides is 1. The van der Waals surface area contributed by atoms with Gasteiger partial charge < -0.3 is 11.1 Å². The first-order valence-corrected chi connectivity index (χ1v) is 5.32. The fourth-order valence-electron chi connectivity index (χ4n) is 1.49. The van der Waals surface area contributed by atoms with Crippen molar-refractivity contribution in [2.45, 2.75) is 6.04 Å². The Morgan fingerprint density at radius 2 is 2.12 bits per heavy atom. The molecule has 1 aromatic heterocycles. The number of benzene rings is 1. The number of aromatic amines is 1. The second-order valence-electron chi connectivity index (χ2n) is 3.44. The number of H-pyrrole nitrogens is 1. The van der Waals surface area contributed by atoms with Gasteiger partial charge in [0.2, 0.25) is 0 Å². The Kier molecular flexibility index (Phi) is 3.29. The van der Waals surface area contributed by atoms with Gasteiger partial charge in [0.15, 0.2) is 0 Å². The highest BCUT2D eigenvalue weighted by atomic mass is 32.1. The fourth-order valence-corrected chi connectivity index (χ4v) is 1.62. The van der Waals surface area contributed by atoms with Crippen molar-refractivity contribution >= 4 is 23.6 Å². The summed E-state index contributed by atoms with van der Waals surface area (Å²) in [5.41, 5.74) is 7.73. The monoisotopic (exact) mass is 249 g/mol. The lowest BCUT2D eigenvalue weighted by Gasteiger charge is -2.15. The minimum absolute atomic E-state index is 0.389. The molecule has 1 atom stereocenters. The number of thiol groups is 1. The van der Waals surface area contributed by atoms with E-state index in [1.807, 2.05) is 12.1 Å². The van der Waals surface area contributed by atoms with Crippen LogP contribution in [0.5, 0.6) is 0 Å². The first kappa shape index (κ1) is 11.5. The second kappa shape index (κ2) is 4.88. The molecule has 1 aromatic carbocycles. The zero-order valence-corrected chi connectivity index (χ0v) is 9.69. The first-order chi connectivity index (χ1) is 8.16. The van der Waals surface area contributed by atoms with Crippen molar-refractivity contribution in [3.63, 3.8) is 0 Å². The number of nitrogens with two attached hydrogens (primary N) is 1. The van der Waals surface area contributed by atoms with Crippen molar-refractivity contribution < 1.29 is 4.79 Å². The number of carbonyl (C=O) groups excluding carboxylic acids is 1.